The maximum Gasteiger partial charge on any atom is 0.302 e. The molecule has 1 N–H and O–H groups in total. The number of ether oxygens (including phenoxy) is 1. The molecule has 0 aliphatic heterocycles. The van der Waals surface area contributed by atoms with E-state index in [0.29, 0.717) is 23.2 Å². The Balaban J connectivity index is 1.56. The van der Waals surface area contributed by atoms with Crippen molar-refractivity contribution >= 4 is 11.7 Å². The molecule has 4 rings (SSSR count). The van der Waals surface area contributed by atoms with E-state index >= 15 is 0 Å². The summed E-state index contributed by atoms with van der Waals surface area (Å²) in [6.07, 6.45) is 14.1. The van der Waals surface area contributed by atoms with Crippen LogP contribution in [0.25, 0.3) is 0 Å². The van der Waals surface area contributed by atoms with Gasteiger partial charge in [0.15, 0.2) is 0 Å². The smallest absolute Gasteiger partial charge is 0.302 e. The predicted molar refractivity (Wildman–Crippen MR) is 133 cm³/mol. The summed E-state index contributed by atoms with van der Waals surface area (Å²) in [6, 6.07) is 0. The SMILES string of the molecule is CC(=O)O[C@H]1CC[C@@]2(C)C(=CC(=NO)[C@H]3[C@@H]4CC[C@H]([C@H](C)CCCC(C)C)[C@@]4(C)CC[C@@H]32)C1. The number of fused-ring (bicyclic) bond motifs is 5. The number of hydrogen-bond acceptors (Lipinski definition) is 4. The molecule has 0 radical (unpaired) electrons. The van der Waals surface area contributed by atoms with Gasteiger partial charge in [-0.25, -0.2) is 0 Å². The van der Waals surface area contributed by atoms with E-state index < -0.39 is 0 Å². The number of oxime groups is 1. The fourth-order valence-corrected chi connectivity index (χ4v) is 8.85. The highest BCUT2D eigenvalue weighted by Crippen LogP contribution is 2.67. The van der Waals surface area contributed by atoms with Gasteiger partial charge >= 0.3 is 5.97 Å². The zero-order chi connectivity index (χ0) is 24.0. The van der Waals surface area contributed by atoms with Crippen molar-refractivity contribution in [3.8, 4) is 0 Å². The minimum absolute atomic E-state index is 0.0327. The van der Waals surface area contributed by atoms with Crippen molar-refractivity contribution in [1.29, 1.82) is 0 Å². The van der Waals surface area contributed by atoms with Crippen molar-refractivity contribution in [2.75, 3.05) is 0 Å². The van der Waals surface area contributed by atoms with Crippen molar-refractivity contribution in [2.24, 2.45) is 51.5 Å². The second kappa shape index (κ2) is 9.38. The Bertz CT molecular complexity index is 801. The lowest BCUT2D eigenvalue weighted by molar-refractivity contribution is -0.148. The molecule has 4 aliphatic rings. The van der Waals surface area contributed by atoms with Gasteiger partial charge in [0.25, 0.3) is 0 Å². The Morgan fingerprint density at radius 1 is 1.12 bits per heavy atom. The van der Waals surface area contributed by atoms with E-state index in [9.17, 15) is 10.0 Å². The normalized spacial score (nSPS) is 42.3. The van der Waals surface area contributed by atoms with Gasteiger partial charge in [-0.1, -0.05) is 64.6 Å². The third-order valence-electron chi connectivity index (χ3n) is 10.6. The van der Waals surface area contributed by atoms with Crippen LogP contribution in [0, 0.1) is 46.3 Å². The Kier molecular flexibility index (Phi) is 7.05. The molecular weight excluding hydrogens is 410 g/mol. The lowest BCUT2D eigenvalue weighted by Gasteiger charge is -2.58. The Labute approximate surface area is 201 Å². The first-order chi connectivity index (χ1) is 15.6. The second-order valence-corrected chi connectivity index (χ2v) is 12.9. The summed E-state index contributed by atoms with van der Waals surface area (Å²) in [7, 11) is 0. The monoisotopic (exact) mass is 457 g/mol. The van der Waals surface area contributed by atoms with Crippen LogP contribution in [0.4, 0.5) is 0 Å². The summed E-state index contributed by atoms with van der Waals surface area (Å²) in [5, 5.41) is 14.0. The van der Waals surface area contributed by atoms with Crippen LogP contribution in [0.15, 0.2) is 16.8 Å². The highest BCUT2D eigenvalue weighted by atomic mass is 16.5. The van der Waals surface area contributed by atoms with Crippen molar-refractivity contribution < 1.29 is 14.7 Å². The van der Waals surface area contributed by atoms with Gasteiger partial charge in [-0.05, 0) is 85.0 Å². The molecule has 0 aromatic heterocycles. The van der Waals surface area contributed by atoms with Gasteiger partial charge < -0.3 is 9.94 Å². The summed E-state index contributed by atoms with van der Waals surface area (Å²) in [5.41, 5.74) is 2.73. The average Bonchev–Trinajstić information content (AvgIpc) is 3.10. The second-order valence-electron chi connectivity index (χ2n) is 12.9. The number of allylic oxidation sites excluding steroid dienone is 1. The lowest BCUT2D eigenvalue weighted by Crippen LogP contribution is -2.54. The first kappa shape index (κ1) is 24.8. The molecule has 186 valence electrons. The van der Waals surface area contributed by atoms with Crippen LogP contribution in [0.3, 0.4) is 0 Å². The van der Waals surface area contributed by atoms with Crippen LogP contribution in [-0.2, 0) is 9.53 Å². The van der Waals surface area contributed by atoms with Crippen LogP contribution in [0.2, 0.25) is 0 Å². The summed E-state index contributed by atoms with van der Waals surface area (Å²) in [6.45, 7) is 13.7. The molecule has 4 heteroatoms. The average molecular weight is 458 g/mol. The molecule has 3 saturated carbocycles. The Morgan fingerprint density at radius 2 is 1.88 bits per heavy atom. The van der Waals surface area contributed by atoms with E-state index in [1.54, 1.807) is 0 Å². The van der Waals surface area contributed by atoms with Crippen LogP contribution in [0.1, 0.15) is 106 Å². The molecule has 4 nitrogen and oxygen atoms in total. The molecule has 3 fully saturated rings. The van der Waals surface area contributed by atoms with Gasteiger partial charge in [0.2, 0.25) is 0 Å². The molecule has 0 unspecified atom stereocenters. The van der Waals surface area contributed by atoms with E-state index in [1.807, 2.05) is 0 Å². The molecule has 0 saturated heterocycles. The third kappa shape index (κ3) is 4.41. The summed E-state index contributed by atoms with van der Waals surface area (Å²) < 4.78 is 5.58. The van der Waals surface area contributed by atoms with E-state index in [0.717, 1.165) is 42.7 Å². The fourth-order valence-electron chi connectivity index (χ4n) is 8.85. The minimum Gasteiger partial charge on any atom is -0.462 e. The van der Waals surface area contributed by atoms with Gasteiger partial charge in [-0.2, -0.15) is 0 Å². The number of carbonyl (C=O) groups is 1. The summed E-state index contributed by atoms with van der Waals surface area (Å²) in [5.74, 6) is 3.67. The van der Waals surface area contributed by atoms with Crippen molar-refractivity contribution in [3.05, 3.63) is 11.6 Å². The zero-order valence-electron chi connectivity index (χ0n) is 21.9. The first-order valence-corrected chi connectivity index (χ1v) is 13.7. The predicted octanol–water partition coefficient (Wildman–Crippen LogP) is 7.40. The molecule has 4 aliphatic carbocycles. The van der Waals surface area contributed by atoms with Crippen LogP contribution >= 0.6 is 0 Å². The van der Waals surface area contributed by atoms with Gasteiger partial charge in [0.1, 0.15) is 6.10 Å². The largest absolute Gasteiger partial charge is 0.462 e. The number of esters is 1. The van der Waals surface area contributed by atoms with Crippen molar-refractivity contribution in [3.63, 3.8) is 0 Å². The molecule has 0 heterocycles. The zero-order valence-corrected chi connectivity index (χ0v) is 21.9. The summed E-state index contributed by atoms with van der Waals surface area (Å²) >= 11 is 0. The quantitative estimate of drug-likeness (QED) is 0.257. The highest BCUT2D eigenvalue weighted by Gasteiger charge is 2.61. The maximum atomic E-state index is 11.5. The van der Waals surface area contributed by atoms with Gasteiger partial charge in [0.05, 0.1) is 5.71 Å². The van der Waals surface area contributed by atoms with E-state index in [1.165, 1.54) is 57.4 Å². The summed E-state index contributed by atoms with van der Waals surface area (Å²) in [4.78, 5) is 11.5. The topological polar surface area (TPSA) is 58.9 Å². The van der Waals surface area contributed by atoms with Gasteiger partial charge in [0, 0.05) is 19.3 Å². The van der Waals surface area contributed by atoms with Crippen LogP contribution in [-0.4, -0.2) is 23.0 Å². The lowest BCUT2D eigenvalue weighted by atomic mass is 9.46. The van der Waals surface area contributed by atoms with E-state index in [4.69, 9.17) is 4.74 Å². The molecule has 0 amide bonds. The van der Waals surface area contributed by atoms with Gasteiger partial charge in [-0.3, -0.25) is 4.79 Å². The molecule has 0 aromatic rings. The molecule has 0 spiro atoms. The molecule has 0 bridgehead atoms. The molecule has 0 aromatic carbocycles. The van der Waals surface area contributed by atoms with E-state index in [-0.39, 0.29) is 17.5 Å². The minimum atomic E-state index is -0.193. The van der Waals surface area contributed by atoms with Crippen LogP contribution < -0.4 is 0 Å². The number of carbonyl (C=O) groups excluding carboxylic acids is 1. The fraction of sp³-hybridized carbons (Fsp3) is 0.862. The Morgan fingerprint density at radius 3 is 2.55 bits per heavy atom. The Hall–Kier alpha value is -1.32. The molecular formula is C29H47NO3. The number of rotatable bonds is 6. The van der Waals surface area contributed by atoms with Crippen molar-refractivity contribution in [1.82, 2.24) is 0 Å². The van der Waals surface area contributed by atoms with E-state index in [2.05, 4.69) is 45.9 Å². The number of hydrogen-bond donors (Lipinski definition) is 1. The maximum absolute atomic E-state index is 11.5. The highest BCUT2D eigenvalue weighted by molar-refractivity contribution is 5.99. The third-order valence-corrected chi connectivity index (χ3v) is 10.6. The molecule has 33 heavy (non-hydrogen) atoms. The standard InChI is InChI=1S/C29H47NO3/c1-18(2)8-7-9-19(3)23-10-11-24-27-25(13-15-29(23,24)6)28(5)14-12-22(33-20(4)31)16-21(28)17-26(27)30-32/h17-19,22-25,27,32H,7-16H2,1-6H3/t19-,22+,23-,24+,25+,27+,28+,29-/m1/s1. The molecule has 8 atom stereocenters. The number of nitrogens with zero attached hydrogens (tertiary/aromatic N) is 1. The first-order valence-electron chi connectivity index (χ1n) is 13.7. The van der Waals surface area contributed by atoms with Crippen LogP contribution in [0.5, 0.6) is 0 Å². The van der Waals surface area contributed by atoms with Crippen molar-refractivity contribution in [2.45, 2.75) is 112 Å². The van der Waals surface area contributed by atoms with Gasteiger partial charge in [-0.15, -0.1) is 0 Å².